The van der Waals surface area contributed by atoms with E-state index in [0.717, 1.165) is 51.6 Å². The highest BCUT2D eigenvalue weighted by Gasteiger charge is 2.28. The van der Waals surface area contributed by atoms with E-state index in [0.29, 0.717) is 12.5 Å². The van der Waals surface area contributed by atoms with Crippen molar-refractivity contribution in [1.29, 1.82) is 0 Å². The minimum atomic E-state index is -0.201. The summed E-state index contributed by atoms with van der Waals surface area (Å²) < 4.78 is 5.50. The number of amides is 1. The summed E-state index contributed by atoms with van der Waals surface area (Å²) >= 11 is 0. The van der Waals surface area contributed by atoms with Crippen LogP contribution in [0.5, 0.6) is 5.75 Å². The van der Waals surface area contributed by atoms with Crippen LogP contribution in [0, 0.1) is 0 Å². The van der Waals surface area contributed by atoms with Crippen LogP contribution in [-0.4, -0.2) is 74.7 Å². The van der Waals surface area contributed by atoms with Crippen LogP contribution in [0.2, 0.25) is 0 Å². The summed E-state index contributed by atoms with van der Waals surface area (Å²) in [5.74, 6) is 0.749. The lowest BCUT2D eigenvalue weighted by atomic mass is 10.0. The molecule has 0 bridgehead atoms. The maximum absolute atomic E-state index is 11.0. The second-order valence-electron chi connectivity index (χ2n) is 7.01. The van der Waals surface area contributed by atoms with Crippen LogP contribution in [0.25, 0.3) is 0 Å². The molecule has 0 unspecified atom stereocenters. The maximum atomic E-state index is 11.0. The van der Waals surface area contributed by atoms with Gasteiger partial charge in [0, 0.05) is 51.7 Å². The number of para-hydroxylation sites is 2. The van der Waals surface area contributed by atoms with Crippen LogP contribution in [0.15, 0.2) is 24.3 Å². The molecule has 0 spiro atoms. The molecule has 138 valence electrons. The van der Waals surface area contributed by atoms with E-state index < -0.39 is 0 Å². The topological polar surface area (TPSA) is 62.0 Å². The van der Waals surface area contributed by atoms with Gasteiger partial charge in [-0.3, -0.25) is 9.69 Å². The summed E-state index contributed by atoms with van der Waals surface area (Å²) in [6, 6.07) is 8.85. The van der Waals surface area contributed by atoms with Gasteiger partial charge in [0.05, 0.1) is 12.8 Å². The Labute approximate surface area is 150 Å². The predicted molar refractivity (Wildman–Crippen MR) is 100 cm³/mol. The molecule has 6 nitrogen and oxygen atoms in total. The Balaban J connectivity index is 1.52. The zero-order valence-electron chi connectivity index (χ0n) is 15.2. The fraction of sp³-hybridized carbons (Fsp3) is 0.632. The number of piperidine rings is 1. The van der Waals surface area contributed by atoms with Crippen LogP contribution in [-0.2, 0) is 4.79 Å². The van der Waals surface area contributed by atoms with Gasteiger partial charge in [-0.05, 0) is 31.5 Å². The normalized spacial score (nSPS) is 22.8. The van der Waals surface area contributed by atoms with Crippen LogP contribution in [0.4, 0.5) is 5.69 Å². The van der Waals surface area contributed by atoms with Crippen molar-refractivity contribution in [3.05, 3.63) is 24.3 Å². The van der Waals surface area contributed by atoms with Gasteiger partial charge >= 0.3 is 0 Å². The first-order valence-electron chi connectivity index (χ1n) is 9.30. The Morgan fingerprint density at radius 2 is 1.96 bits per heavy atom. The largest absolute Gasteiger partial charge is 0.495 e. The van der Waals surface area contributed by atoms with Crippen molar-refractivity contribution in [3.63, 3.8) is 0 Å². The average Bonchev–Trinajstić information content (AvgIpc) is 2.66. The van der Waals surface area contributed by atoms with Gasteiger partial charge in [-0.1, -0.05) is 12.1 Å². The van der Waals surface area contributed by atoms with Crippen molar-refractivity contribution in [2.75, 3.05) is 57.8 Å². The molecule has 0 radical (unpaired) electrons. The summed E-state index contributed by atoms with van der Waals surface area (Å²) in [7, 11) is 1.73. The minimum absolute atomic E-state index is 0.201. The quantitative estimate of drug-likeness (QED) is 0.837. The van der Waals surface area contributed by atoms with E-state index >= 15 is 0 Å². The Hall–Kier alpha value is -1.79. The molecule has 6 heteroatoms. The molecule has 1 amide bonds. The number of primary amides is 1. The predicted octanol–water partition coefficient (Wildman–Crippen LogP) is 1.16. The fourth-order valence-electron chi connectivity index (χ4n) is 4.02. The van der Waals surface area contributed by atoms with E-state index in [1.807, 2.05) is 12.1 Å². The molecule has 0 aromatic heterocycles. The monoisotopic (exact) mass is 346 g/mol. The summed E-state index contributed by atoms with van der Waals surface area (Å²) in [5, 5.41) is 0. The van der Waals surface area contributed by atoms with E-state index in [-0.39, 0.29) is 5.91 Å². The first kappa shape index (κ1) is 18.0. The summed E-state index contributed by atoms with van der Waals surface area (Å²) in [6.45, 7) is 7.15. The highest BCUT2D eigenvalue weighted by atomic mass is 16.5. The van der Waals surface area contributed by atoms with Gasteiger partial charge in [-0.2, -0.15) is 0 Å². The number of nitrogens with two attached hydrogens (primary N) is 1. The molecule has 2 heterocycles. The third-order valence-corrected chi connectivity index (χ3v) is 5.41. The molecule has 2 saturated heterocycles. The van der Waals surface area contributed by atoms with Crippen molar-refractivity contribution in [2.24, 2.45) is 5.73 Å². The second kappa shape index (κ2) is 8.54. The standard InChI is InChI=1S/C19H30N4O2/c1-25-18-7-3-2-6-17(18)23-13-11-22(12-14-23)16-5-4-9-21(15-16)10-8-19(20)24/h2-3,6-7,16H,4-5,8-15H2,1H3,(H2,20,24)/t16-/m0/s1. The third-order valence-electron chi connectivity index (χ3n) is 5.41. The number of rotatable bonds is 6. The molecule has 2 aliphatic heterocycles. The van der Waals surface area contributed by atoms with Gasteiger partial charge in [0.2, 0.25) is 5.91 Å². The number of hydrogen-bond acceptors (Lipinski definition) is 5. The molecule has 25 heavy (non-hydrogen) atoms. The minimum Gasteiger partial charge on any atom is -0.495 e. The molecule has 1 atom stereocenters. The summed E-state index contributed by atoms with van der Waals surface area (Å²) in [5.41, 5.74) is 6.48. The Kier molecular flexibility index (Phi) is 6.15. The van der Waals surface area contributed by atoms with Gasteiger partial charge < -0.3 is 20.3 Å². The number of likely N-dealkylation sites (tertiary alicyclic amines) is 1. The number of carbonyl (C=O) groups is 1. The van der Waals surface area contributed by atoms with Crippen molar-refractivity contribution in [1.82, 2.24) is 9.80 Å². The zero-order chi connectivity index (χ0) is 17.6. The van der Waals surface area contributed by atoms with E-state index in [4.69, 9.17) is 10.5 Å². The number of carbonyl (C=O) groups excluding carboxylic acids is 1. The molecule has 2 fully saturated rings. The van der Waals surface area contributed by atoms with E-state index in [9.17, 15) is 4.79 Å². The molecule has 2 aliphatic rings. The average molecular weight is 346 g/mol. The van der Waals surface area contributed by atoms with Gasteiger partial charge in [-0.25, -0.2) is 0 Å². The Morgan fingerprint density at radius 1 is 1.20 bits per heavy atom. The van der Waals surface area contributed by atoms with Gasteiger partial charge in [0.1, 0.15) is 5.75 Å². The first-order valence-corrected chi connectivity index (χ1v) is 9.30. The smallest absolute Gasteiger partial charge is 0.218 e. The van der Waals surface area contributed by atoms with Crippen LogP contribution < -0.4 is 15.4 Å². The van der Waals surface area contributed by atoms with Crippen LogP contribution >= 0.6 is 0 Å². The van der Waals surface area contributed by atoms with Crippen molar-refractivity contribution >= 4 is 11.6 Å². The molecule has 0 saturated carbocycles. The summed E-state index contributed by atoms with van der Waals surface area (Å²) in [4.78, 5) is 18.4. The Morgan fingerprint density at radius 3 is 2.68 bits per heavy atom. The van der Waals surface area contributed by atoms with E-state index in [2.05, 4.69) is 26.8 Å². The molecule has 1 aromatic carbocycles. The number of hydrogen-bond donors (Lipinski definition) is 1. The number of methoxy groups -OCH3 is 1. The lowest BCUT2D eigenvalue weighted by molar-refractivity contribution is -0.118. The zero-order valence-corrected chi connectivity index (χ0v) is 15.2. The lowest BCUT2D eigenvalue weighted by Gasteiger charge is -2.44. The van der Waals surface area contributed by atoms with Crippen molar-refractivity contribution in [3.8, 4) is 5.75 Å². The number of nitrogens with zero attached hydrogens (tertiary/aromatic N) is 3. The summed E-state index contributed by atoms with van der Waals surface area (Å²) in [6.07, 6.45) is 2.92. The van der Waals surface area contributed by atoms with E-state index in [1.54, 1.807) is 7.11 Å². The highest BCUT2D eigenvalue weighted by molar-refractivity contribution is 5.73. The SMILES string of the molecule is COc1ccccc1N1CCN([C@H]2CCCN(CCC(N)=O)C2)CC1. The molecule has 1 aromatic rings. The van der Waals surface area contributed by atoms with Gasteiger partial charge in [0.15, 0.2) is 0 Å². The number of ether oxygens (including phenoxy) is 1. The van der Waals surface area contributed by atoms with Gasteiger partial charge in [0.25, 0.3) is 0 Å². The highest BCUT2D eigenvalue weighted by Crippen LogP contribution is 2.29. The molecular weight excluding hydrogens is 316 g/mol. The Bertz CT molecular complexity index is 572. The fourth-order valence-corrected chi connectivity index (χ4v) is 4.02. The van der Waals surface area contributed by atoms with Crippen molar-refractivity contribution < 1.29 is 9.53 Å². The number of benzene rings is 1. The van der Waals surface area contributed by atoms with Crippen molar-refractivity contribution in [2.45, 2.75) is 25.3 Å². The lowest BCUT2D eigenvalue weighted by Crippen LogP contribution is -2.55. The molecule has 0 aliphatic carbocycles. The molecule has 3 rings (SSSR count). The molecule has 2 N–H and O–H groups in total. The van der Waals surface area contributed by atoms with Crippen LogP contribution in [0.3, 0.4) is 0 Å². The number of anilines is 1. The molecular formula is C19H30N4O2. The van der Waals surface area contributed by atoms with Gasteiger partial charge in [-0.15, -0.1) is 0 Å². The van der Waals surface area contributed by atoms with E-state index in [1.165, 1.54) is 18.5 Å². The number of piperazine rings is 1. The first-order chi connectivity index (χ1) is 12.2. The second-order valence-corrected chi connectivity index (χ2v) is 7.01. The third kappa shape index (κ3) is 4.64. The maximum Gasteiger partial charge on any atom is 0.218 e. The van der Waals surface area contributed by atoms with Crippen LogP contribution in [0.1, 0.15) is 19.3 Å².